The summed E-state index contributed by atoms with van der Waals surface area (Å²) in [5.41, 5.74) is 1.18. The van der Waals surface area contributed by atoms with Crippen LogP contribution in [0, 0.1) is 0 Å². The van der Waals surface area contributed by atoms with E-state index in [0.29, 0.717) is 12.6 Å². The van der Waals surface area contributed by atoms with Gasteiger partial charge in [0.05, 0.1) is 6.10 Å². The van der Waals surface area contributed by atoms with Crippen LogP contribution < -0.4 is 10.6 Å². The summed E-state index contributed by atoms with van der Waals surface area (Å²) in [4.78, 5) is 4.33. The van der Waals surface area contributed by atoms with Gasteiger partial charge in [0.25, 0.3) is 0 Å². The van der Waals surface area contributed by atoms with Crippen LogP contribution in [0.15, 0.2) is 35.3 Å². The zero-order valence-corrected chi connectivity index (χ0v) is 17.3. The highest BCUT2D eigenvalue weighted by molar-refractivity contribution is 14.0. The number of aliphatic imine (C=N–C) groups is 1. The van der Waals surface area contributed by atoms with Gasteiger partial charge in [0.2, 0.25) is 0 Å². The molecule has 0 saturated heterocycles. The molecule has 1 fully saturated rings. The molecular formula is C17H28IN3OS. The van der Waals surface area contributed by atoms with Crippen molar-refractivity contribution in [1.29, 1.82) is 0 Å². The van der Waals surface area contributed by atoms with Crippen molar-refractivity contribution in [3.05, 3.63) is 35.9 Å². The van der Waals surface area contributed by atoms with Gasteiger partial charge in [0, 0.05) is 32.0 Å². The molecule has 0 radical (unpaired) electrons. The first-order chi connectivity index (χ1) is 10.8. The summed E-state index contributed by atoms with van der Waals surface area (Å²) >= 11 is 1.97. The molecule has 130 valence electrons. The molecule has 2 rings (SSSR count). The molecule has 2 N–H and O–H groups in total. The smallest absolute Gasteiger partial charge is 0.191 e. The zero-order valence-electron chi connectivity index (χ0n) is 14.1. The summed E-state index contributed by atoms with van der Waals surface area (Å²) in [6.07, 6.45) is 5.96. The van der Waals surface area contributed by atoms with Gasteiger partial charge >= 0.3 is 0 Å². The number of nitrogens with one attached hydrogen (secondary N) is 2. The summed E-state index contributed by atoms with van der Waals surface area (Å²) in [5.74, 6) is 0.865. The predicted molar refractivity (Wildman–Crippen MR) is 111 cm³/mol. The van der Waals surface area contributed by atoms with Crippen molar-refractivity contribution in [3.63, 3.8) is 0 Å². The normalized spacial score (nSPS) is 22.3. The van der Waals surface area contributed by atoms with Gasteiger partial charge in [0.1, 0.15) is 0 Å². The molecule has 0 spiro atoms. The third-order valence-corrected chi connectivity index (χ3v) is 5.29. The van der Waals surface area contributed by atoms with Gasteiger partial charge in [-0.05, 0) is 31.1 Å². The number of hydrogen-bond donors (Lipinski definition) is 2. The Labute approximate surface area is 161 Å². The molecule has 0 bridgehead atoms. The van der Waals surface area contributed by atoms with Gasteiger partial charge in [-0.1, -0.05) is 30.3 Å². The number of rotatable bonds is 6. The molecular weight excluding hydrogens is 421 g/mol. The van der Waals surface area contributed by atoms with E-state index in [-0.39, 0.29) is 30.1 Å². The fourth-order valence-electron chi connectivity index (χ4n) is 2.87. The second-order valence-electron chi connectivity index (χ2n) is 5.60. The molecule has 0 amide bonds. The fourth-order valence-corrected chi connectivity index (χ4v) is 3.66. The lowest BCUT2D eigenvalue weighted by Gasteiger charge is -2.21. The maximum absolute atomic E-state index is 5.59. The first kappa shape index (κ1) is 20.6. The van der Waals surface area contributed by atoms with Gasteiger partial charge in [0.15, 0.2) is 5.96 Å². The fraction of sp³-hybridized carbons (Fsp3) is 0.588. The molecule has 0 heterocycles. The molecule has 1 aromatic carbocycles. The summed E-state index contributed by atoms with van der Waals surface area (Å²) in [6.45, 7) is 0.707. The average molecular weight is 449 g/mol. The van der Waals surface area contributed by atoms with E-state index in [1.165, 1.54) is 24.8 Å². The van der Waals surface area contributed by atoms with Crippen LogP contribution >= 0.6 is 35.7 Å². The molecule has 1 saturated carbocycles. The third kappa shape index (κ3) is 6.51. The molecule has 0 aliphatic heterocycles. The zero-order chi connectivity index (χ0) is 15.8. The van der Waals surface area contributed by atoms with Crippen molar-refractivity contribution in [2.75, 3.05) is 27.0 Å². The van der Waals surface area contributed by atoms with E-state index >= 15 is 0 Å². The van der Waals surface area contributed by atoms with E-state index in [1.54, 1.807) is 7.11 Å². The lowest BCUT2D eigenvalue weighted by Crippen LogP contribution is -2.44. The highest BCUT2D eigenvalue weighted by Crippen LogP contribution is 2.28. The Kier molecular flexibility index (Phi) is 9.97. The number of halogens is 1. The summed E-state index contributed by atoms with van der Waals surface area (Å²) < 4.78 is 5.59. The topological polar surface area (TPSA) is 45.7 Å². The molecule has 1 aliphatic carbocycles. The number of ether oxygens (including phenoxy) is 1. The summed E-state index contributed by atoms with van der Waals surface area (Å²) in [6, 6.07) is 10.8. The van der Waals surface area contributed by atoms with E-state index in [4.69, 9.17) is 4.74 Å². The Morgan fingerprint density at radius 1 is 1.35 bits per heavy atom. The number of benzene rings is 1. The van der Waals surface area contributed by atoms with E-state index in [9.17, 15) is 0 Å². The predicted octanol–water partition coefficient (Wildman–Crippen LogP) is 3.44. The second kappa shape index (κ2) is 11.1. The minimum Gasteiger partial charge on any atom is -0.375 e. The Morgan fingerprint density at radius 2 is 2.09 bits per heavy atom. The molecule has 0 aromatic heterocycles. The van der Waals surface area contributed by atoms with E-state index < -0.39 is 0 Å². The van der Waals surface area contributed by atoms with Crippen LogP contribution in [0.2, 0.25) is 0 Å². The molecule has 6 heteroatoms. The lowest BCUT2D eigenvalue weighted by molar-refractivity contribution is 0.106. The highest BCUT2D eigenvalue weighted by Gasteiger charge is 2.24. The Bertz CT molecular complexity index is 472. The van der Waals surface area contributed by atoms with Crippen LogP contribution in [-0.4, -0.2) is 44.2 Å². The molecule has 1 aromatic rings. The minimum absolute atomic E-state index is 0. The van der Waals surface area contributed by atoms with Crippen LogP contribution in [0.1, 0.15) is 30.9 Å². The van der Waals surface area contributed by atoms with Crippen molar-refractivity contribution < 1.29 is 4.74 Å². The quantitative estimate of drug-likeness (QED) is 0.397. The van der Waals surface area contributed by atoms with Crippen LogP contribution in [0.25, 0.3) is 0 Å². The Hall–Kier alpha value is -0.470. The van der Waals surface area contributed by atoms with Crippen LogP contribution in [0.4, 0.5) is 0 Å². The number of methoxy groups -OCH3 is 1. The van der Waals surface area contributed by atoms with Crippen molar-refractivity contribution >= 4 is 41.7 Å². The van der Waals surface area contributed by atoms with Crippen molar-refractivity contribution in [1.82, 2.24) is 10.6 Å². The number of nitrogens with zero attached hydrogens (tertiary/aromatic N) is 1. The van der Waals surface area contributed by atoms with Gasteiger partial charge in [-0.25, -0.2) is 0 Å². The summed E-state index contributed by atoms with van der Waals surface area (Å²) in [5, 5.41) is 7.70. The van der Waals surface area contributed by atoms with Crippen molar-refractivity contribution in [2.24, 2.45) is 4.99 Å². The maximum Gasteiger partial charge on any atom is 0.191 e. The van der Waals surface area contributed by atoms with Gasteiger partial charge in [-0.15, -0.1) is 24.0 Å². The number of thioether (sulfide) groups is 1. The molecule has 1 aliphatic rings. The molecule has 3 atom stereocenters. The number of guanidine groups is 1. The highest BCUT2D eigenvalue weighted by atomic mass is 127. The van der Waals surface area contributed by atoms with E-state index in [1.807, 2.05) is 37.0 Å². The molecule has 3 unspecified atom stereocenters. The Balaban J connectivity index is 0.00000264. The molecule has 4 nitrogen and oxygen atoms in total. The van der Waals surface area contributed by atoms with E-state index in [0.717, 1.165) is 11.2 Å². The first-order valence-electron chi connectivity index (χ1n) is 7.84. The second-order valence-corrected chi connectivity index (χ2v) is 6.74. The standard InChI is InChI=1S/C17H27N3OS.HI/c1-18-17(20-14-9-10-15(11-14)22-3)19-12-16(21-2)13-7-5-4-6-8-13;/h4-8,14-16H,9-12H2,1-3H3,(H2,18,19,20);1H. The van der Waals surface area contributed by atoms with Crippen LogP contribution in [0.5, 0.6) is 0 Å². The van der Waals surface area contributed by atoms with Crippen molar-refractivity contribution in [3.8, 4) is 0 Å². The largest absolute Gasteiger partial charge is 0.375 e. The third-order valence-electron chi connectivity index (χ3n) is 4.19. The lowest BCUT2D eigenvalue weighted by atomic mass is 10.1. The van der Waals surface area contributed by atoms with Crippen LogP contribution in [0.3, 0.4) is 0 Å². The molecule has 23 heavy (non-hydrogen) atoms. The van der Waals surface area contributed by atoms with Gasteiger partial charge in [-0.3, -0.25) is 4.99 Å². The first-order valence-corrected chi connectivity index (χ1v) is 9.13. The van der Waals surface area contributed by atoms with Gasteiger partial charge in [-0.2, -0.15) is 11.8 Å². The van der Waals surface area contributed by atoms with Gasteiger partial charge < -0.3 is 15.4 Å². The van der Waals surface area contributed by atoms with Crippen molar-refractivity contribution in [2.45, 2.75) is 36.7 Å². The van der Waals surface area contributed by atoms with Crippen LogP contribution in [-0.2, 0) is 4.74 Å². The SMILES string of the molecule is CN=C(NCC(OC)c1ccccc1)NC1CCC(SC)C1.I. The average Bonchev–Trinajstić information content (AvgIpc) is 3.03. The number of hydrogen-bond acceptors (Lipinski definition) is 3. The van der Waals surface area contributed by atoms with E-state index in [2.05, 4.69) is 34.0 Å². The maximum atomic E-state index is 5.59. The monoisotopic (exact) mass is 449 g/mol. The Morgan fingerprint density at radius 3 is 2.65 bits per heavy atom. The minimum atomic E-state index is 0. The summed E-state index contributed by atoms with van der Waals surface area (Å²) in [7, 11) is 3.57.